The summed E-state index contributed by atoms with van der Waals surface area (Å²) >= 11 is 0. The molecule has 4 fully saturated rings. The van der Waals surface area contributed by atoms with E-state index in [1.165, 1.54) is 51.9 Å². The number of piperidine rings is 4. The van der Waals surface area contributed by atoms with Crippen LogP contribution in [0.3, 0.4) is 0 Å². The van der Waals surface area contributed by atoms with Gasteiger partial charge in [-0.25, -0.2) is 0 Å². The normalized spacial score (nSPS) is 43.7. The van der Waals surface area contributed by atoms with Crippen molar-refractivity contribution in [3.8, 4) is 0 Å². The Morgan fingerprint density at radius 2 is 1.19 bits per heavy atom. The Morgan fingerprint density at radius 1 is 0.762 bits per heavy atom. The standard InChI is InChI=1S/C15H26N2.C2H5.BrH.Mg/c1-3-7-16-11-13-9-12(14(16)5-1)10-17-8-4-2-6-15(13)17;1-2;;/h12-15H,1-11H2;1H2,2H3;1H;/q;-1;;+2/p+1. The van der Waals surface area contributed by atoms with Crippen molar-refractivity contribution in [2.45, 2.75) is 64.0 Å². The zero-order valence-corrected chi connectivity index (χ0v) is 16.9. The smallest absolute Gasteiger partial charge is 1.00 e. The van der Waals surface area contributed by atoms with Crippen LogP contribution in [0.25, 0.3) is 0 Å². The zero-order chi connectivity index (χ0) is 13.2. The number of hydrogen-bond donors (Lipinski definition) is 2. The van der Waals surface area contributed by atoms with E-state index in [1.54, 1.807) is 26.2 Å². The molecule has 4 heteroatoms. The SMILES string of the molecule is C1CC[NH+]2CC3CC(C[NH+]4CCCCC34)C2C1.[Br-].[CH2-]C.[Mg+2]. The minimum absolute atomic E-state index is 0. The summed E-state index contributed by atoms with van der Waals surface area (Å²) < 4.78 is 0. The van der Waals surface area contributed by atoms with Crippen molar-refractivity contribution in [3.05, 3.63) is 6.92 Å². The molecule has 2 nitrogen and oxygen atoms in total. The van der Waals surface area contributed by atoms with Crippen LogP contribution in [0.2, 0.25) is 0 Å². The van der Waals surface area contributed by atoms with Crippen LogP contribution in [-0.2, 0) is 0 Å². The van der Waals surface area contributed by atoms with Crippen molar-refractivity contribution in [1.29, 1.82) is 0 Å². The molecule has 0 aliphatic carbocycles. The number of fused-ring (bicyclic) bond motifs is 6. The van der Waals surface area contributed by atoms with Crippen molar-refractivity contribution in [2.75, 3.05) is 26.2 Å². The average Bonchev–Trinajstić information content (AvgIpc) is 2.50. The van der Waals surface area contributed by atoms with Gasteiger partial charge < -0.3 is 33.7 Å². The Bertz CT molecular complexity index is 275. The first-order valence-corrected chi connectivity index (χ1v) is 8.81. The van der Waals surface area contributed by atoms with Crippen molar-refractivity contribution in [1.82, 2.24) is 0 Å². The Hall–Kier alpha value is 1.17. The summed E-state index contributed by atoms with van der Waals surface area (Å²) in [6, 6.07) is 2.13. The molecule has 0 amide bonds. The minimum Gasteiger partial charge on any atom is -1.00 e. The van der Waals surface area contributed by atoms with Crippen LogP contribution in [0.15, 0.2) is 0 Å². The first kappa shape index (κ1) is 20.2. The second-order valence-corrected chi connectivity index (χ2v) is 7.19. The van der Waals surface area contributed by atoms with E-state index in [0.29, 0.717) is 0 Å². The van der Waals surface area contributed by atoms with E-state index in [2.05, 4.69) is 6.92 Å². The van der Waals surface area contributed by atoms with E-state index in [1.807, 2.05) is 9.80 Å². The van der Waals surface area contributed by atoms with Gasteiger partial charge >= 0.3 is 23.1 Å². The Labute approximate surface area is 158 Å². The molecule has 0 spiro atoms. The van der Waals surface area contributed by atoms with Gasteiger partial charge in [0.15, 0.2) is 0 Å². The molecular weight excluding hydrogens is 336 g/mol. The van der Waals surface area contributed by atoms with Crippen molar-refractivity contribution < 1.29 is 26.8 Å². The third-order valence-electron chi connectivity index (χ3n) is 6.37. The van der Waals surface area contributed by atoms with E-state index in [9.17, 15) is 0 Å². The van der Waals surface area contributed by atoms with Gasteiger partial charge in [0.25, 0.3) is 0 Å². The third kappa shape index (κ3) is 4.17. The summed E-state index contributed by atoms with van der Waals surface area (Å²) in [5, 5.41) is 0. The van der Waals surface area contributed by atoms with Gasteiger partial charge in [0.1, 0.15) is 0 Å². The van der Waals surface area contributed by atoms with E-state index in [-0.39, 0.29) is 40.0 Å². The van der Waals surface area contributed by atoms with Crippen molar-refractivity contribution >= 4 is 23.1 Å². The molecule has 0 aromatic carbocycles. The number of halogens is 1. The van der Waals surface area contributed by atoms with Crippen LogP contribution in [0, 0.1) is 18.8 Å². The molecule has 0 aromatic heterocycles. The molecule has 4 aliphatic heterocycles. The van der Waals surface area contributed by atoms with E-state index < -0.39 is 0 Å². The van der Waals surface area contributed by atoms with Crippen molar-refractivity contribution in [3.63, 3.8) is 0 Å². The largest absolute Gasteiger partial charge is 2.00 e. The minimum atomic E-state index is 0. The molecule has 2 N–H and O–H groups in total. The van der Waals surface area contributed by atoms with Crippen LogP contribution in [0.5, 0.6) is 0 Å². The molecule has 0 aromatic rings. The van der Waals surface area contributed by atoms with Crippen LogP contribution in [-0.4, -0.2) is 61.3 Å². The summed E-state index contributed by atoms with van der Waals surface area (Å²) in [5.74, 6) is 2.18. The van der Waals surface area contributed by atoms with Crippen molar-refractivity contribution in [2.24, 2.45) is 11.8 Å². The van der Waals surface area contributed by atoms with Gasteiger partial charge in [-0.2, -0.15) is 6.92 Å². The summed E-state index contributed by atoms with van der Waals surface area (Å²) in [5.41, 5.74) is 0. The molecule has 6 unspecified atom stereocenters. The van der Waals surface area contributed by atoms with Crippen LogP contribution in [0.1, 0.15) is 51.9 Å². The zero-order valence-electron chi connectivity index (χ0n) is 13.9. The van der Waals surface area contributed by atoms with Gasteiger partial charge in [-0.15, -0.1) is 0 Å². The molecule has 2 bridgehead atoms. The third-order valence-corrected chi connectivity index (χ3v) is 6.37. The fraction of sp³-hybridized carbons (Fsp3) is 0.941. The number of nitrogens with one attached hydrogen (secondary N) is 2. The Balaban J connectivity index is 0.000000531. The summed E-state index contributed by atoms with van der Waals surface area (Å²) in [7, 11) is 0. The Morgan fingerprint density at radius 3 is 1.62 bits per heavy atom. The van der Waals surface area contributed by atoms with Gasteiger partial charge in [-0.1, -0.05) is 0 Å². The first-order chi connectivity index (χ1) is 9.42. The first-order valence-electron chi connectivity index (χ1n) is 8.81. The topological polar surface area (TPSA) is 8.88 Å². The fourth-order valence-electron chi connectivity index (χ4n) is 5.70. The van der Waals surface area contributed by atoms with Crippen LogP contribution < -0.4 is 26.8 Å². The van der Waals surface area contributed by atoms with Crippen LogP contribution >= 0.6 is 0 Å². The molecule has 4 aliphatic rings. The molecule has 0 saturated carbocycles. The predicted octanol–water partition coefficient (Wildman–Crippen LogP) is -3.03. The van der Waals surface area contributed by atoms with Gasteiger partial charge in [0, 0.05) is 12.8 Å². The van der Waals surface area contributed by atoms with Crippen LogP contribution in [0.4, 0.5) is 0 Å². The maximum atomic E-state index is 3.25. The molecule has 4 saturated heterocycles. The fourth-order valence-corrected chi connectivity index (χ4v) is 5.70. The predicted molar refractivity (Wildman–Crippen MR) is 85.1 cm³/mol. The molecular formula is C17H33BrMgN2+2. The maximum Gasteiger partial charge on any atom is 2.00 e. The second-order valence-electron chi connectivity index (χ2n) is 7.19. The molecule has 4 rings (SSSR count). The molecule has 4 heterocycles. The summed E-state index contributed by atoms with van der Waals surface area (Å²) in [6.07, 6.45) is 10.7. The second kappa shape index (κ2) is 9.46. The summed E-state index contributed by atoms with van der Waals surface area (Å²) in [4.78, 5) is 4.03. The quantitative estimate of drug-likeness (QED) is 0.332. The molecule has 0 radical (unpaired) electrons. The van der Waals surface area contributed by atoms with E-state index in [0.717, 1.165) is 23.9 Å². The molecule has 6 atom stereocenters. The Kier molecular flexibility index (Phi) is 9.10. The maximum absolute atomic E-state index is 3.25. The van der Waals surface area contributed by atoms with Gasteiger partial charge in [-0.3, -0.25) is 0 Å². The molecule has 118 valence electrons. The van der Waals surface area contributed by atoms with Gasteiger partial charge in [0.2, 0.25) is 0 Å². The number of quaternary nitrogens is 2. The van der Waals surface area contributed by atoms with Gasteiger partial charge in [-0.05, 0) is 32.1 Å². The monoisotopic (exact) mass is 368 g/mol. The number of rotatable bonds is 0. The molecule has 21 heavy (non-hydrogen) atoms. The average molecular weight is 370 g/mol. The summed E-state index contributed by atoms with van der Waals surface area (Å²) in [6.45, 7) is 11.1. The van der Waals surface area contributed by atoms with Gasteiger partial charge in [0.05, 0.1) is 50.1 Å². The van der Waals surface area contributed by atoms with E-state index >= 15 is 0 Å². The van der Waals surface area contributed by atoms with E-state index in [4.69, 9.17) is 0 Å². The number of hydrogen-bond acceptors (Lipinski definition) is 0.